The molecule has 3 rings (SSSR count). The molecule has 0 fully saturated rings. The van der Waals surface area contributed by atoms with Crippen LogP contribution in [0.2, 0.25) is 0 Å². The molecular formula is C19H19NO3S2. The maximum atomic E-state index is 12.4. The Hall–Kier alpha value is -2.18. The summed E-state index contributed by atoms with van der Waals surface area (Å²) in [5, 5.41) is 2.04. The third-order valence-corrected chi connectivity index (χ3v) is 5.94. The van der Waals surface area contributed by atoms with E-state index in [-0.39, 0.29) is 12.4 Å². The van der Waals surface area contributed by atoms with Crippen molar-refractivity contribution < 1.29 is 14.3 Å². The molecule has 0 amide bonds. The smallest absolute Gasteiger partial charge is 0.340 e. The van der Waals surface area contributed by atoms with Gasteiger partial charge in [-0.2, -0.15) is 0 Å². The lowest BCUT2D eigenvalue weighted by molar-refractivity contribution is 0.0475. The fourth-order valence-electron chi connectivity index (χ4n) is 2.67. The van der Waals surface area contributed by atoms with Crippen LogP contribution in [0.15, 0.2) is 35.7 Å². The van der Waals surface area contributed by atoms with Crippen LogP contribution in [-0.4, -0.2) is 22.9 Å². The second-order valence-electron chi connectivity index (χ2n) is 5.86. The maximum Gasteiger partial charge on any atom is 0.340 e. The maximum absolute atomic E-state index is 12.4. The van der Waals surface area contributed by atoms with Crippen molar-refractivity contribution in [1.82, 2.24) is 4.57 Å². The Morgan fingerprint density at radius 3 is 2.60 bits per heavy atom. The number of thiophene rings is 2. The van der Waals surface area contributed by atoms with Crippen LogP contribution in [0.1, 0.15) is 41.2 Å². The highest BCUT2D eigenvalue weighted by molar-refractivity contribution is 7.14. The predicted molar refractivity (Wildman–Crippen MR) is 101 cm³/mol. The molecule has 0 aromatic carbocycles. The molecule has 0 spiro atoms. The molecule has 6 heteroatoms. The van der Waals surface area contributed by atoms with Gasteiger partial charge in [-0.25, -0.2) is 4.79 Å². The Balaban J connectivity index is 1.69. The van der Waals surface area contributed by atoms with Gasteiger partial charge in [-0.05, 0) is 50.4 Å². The molecule has 130 valence electrons. The molecule has 25 heavy (non-hydrogen) atoms. The summed E-state index contributed by atoms with van der Waals surface area (Å²) in [6.07, 6.45) is 0. The number of hydrogen-bond donors (Lipinski definition) is 0. The Kier molecular flexibility index (Phi) is 5.20. The topological polar surface area (TPSA) is 48.3 Å². The van der Waals surface area contributed by atoms with Crippen LogP contribution in [0, 0.1) is 20.8 Å². The van der Waals surface area contributed by atoms with Gasteiger partial charge >= 0.3 is 5.97 Å². The highest BCUT2D eigenvalue weighted by Crippen LogP contribution is 2.20. The monoisotopic (exact) mass is 373 g/mol. The molecule has 0 N–H and O–H groups in total. The van der Waals surface area contributed by atoms with Crippen molar-refractivity contribution in [3.63, 3.8) is 0 Å². The zero-order valence-corrected chi connectivity index (χ0v) is 16.0. The number of aryl methyl sites for hydroxylation is 2. The lowest BCUT2D eigenvalue weighted by Gasteiger charge is -2.08. The van der Waals surface area contributed by atoms with Crippen molar-refractivity contribution in [3.8, 4) is 0 Å². The third kappa shape index (κ3) is 3.91. The number of rotatable bonds is 6. The molecule has 0 aliphatic heterocycles. The molecule has 0 saturated heterocycles. The van der Waals surface area contributed by atoms with E-state index >= 15 is 0 Å². The Morgan fingerprint density at radius 1 is 1.16 bits per heavy atom. The van der Waals surface area contributed by atoms with E-state index in [1.807, 2.05) is 44.4 Å². The van der Waals surface area contributed by atoms with E-state index < -0.39 is 5.97 Å². The predicted octanol–water partition coefficient (Wildman–Crippen LogP) is 4.62. The number of Topliss-reactive ketones (excluding diaryl/α,β-unsaturated/α-hetero) is 1. The van der Waals surface area contributed by atoms with Gasteiger partial charge in [-0.3, -0.25) is 4.79 Å². The van der Waals surface area contributed by atoms with Gasteiger partial charge in [0, 0.05) is 21.1 Å². The number of aromatic nitrogens is 1. The van der Waals surface area contributed by atoms with E-state index in [9.17, 15) is 9.59 Å². The Morgan fingerprint density at radius 2 is 1.96 bits per heavy atom. The molecule has 3 heterocycles. The van der Waals surface area contributed by atoms with E-state index in [2.05, 4.69) is 10.6 Å². The molecule has 0 aliphatic rings. The first-order valence-corrected chi connectivity index (χ1v) is 9.61. The molecule has 0 saturated carbocycles. The second kappa shape index (κ2) is 7.37. The van der Waals surface area contributed by atoms with Gasteiger partial charge in [0.05, 0.1) is 17.0 Å². The Bertz CT molecular complexity index is 903. The fourth-order valence-corrected chi connectivity index (χ4v) is 4.16. The number of ketones is 1. The average molecular weight is 373 g/mol. The van der Waals surface area contributed by atoms with Crippen molar-refractivity contribution in [1.29, 1.82) is 0 Å². The van der Waals surface area contributed by atoms with Crippen molar-refractivity contribution >= 4 is 34.4 Å². The van der Waals surface area contributed by atoms with Crippen molar-refractivity contribution in [2.75, 3.05) is 6.61 Å². The number of esters is 1. The van der Waals surface area contributed by atoms with E-state index in [1.165, 1.54) is 16.2 Å². The summed E-state index contributed by atoms with van der Waals surface area (Å²) in [5.74, 6) is -0.619. The second-order valence-corrected chi connectivity index (χ2v) is 8.18. The highest BCUT2D eigenvalue weighted by Gasteiger charge is 2.19. The van der Waals surface area contributed by atoms with E-state index in [0.29, 0.717) is 10.4 Å². The molecule has 0 bridgehead atoms. The highest BCUT2D eigenvalue weighted by atomic mass is 32.1. The zero-order chi connectivity index (χ0) is 18.0. The minimum atomic E-state index is -0.452. The van der Waals surface area contributed by atoms with Crippen LogP contribution >= 0.6 is 22.7 Å². The SMILES string of the molecule is Cc1ccc(C(=O)COC(=O)c2cc(C)n(Cc3cccs3)c2C)s1. The summed E-state index contributed by atoms with van der Waals surface area (Å²) in [6.45, 7) is 6.32. The number of hydrogen-bond acceptors (Lipinski definition) is 5. The molecular weight excluding hydrogens is 354 g/mol. The summed E-state index contributed by atoms with van der Waals surface area (Å²) in [5.41, 5.74) is 2.37. The van der Waals surface area contributed by atoms with Gasteiger partial charge in [0.2, 0.25) is 5.78 Å². The van der Waals surface area contributed by atoms with Crippen LogP contribution in [-0.2, 0) is 11.3 Å². The minimum Gasteiger partial charge on any atom is -0.454 e. The normalized spacial score (nSPS) is 10.8. The minimum absolute atomic E-state index is 0.168. The molecule has 0 radical (unpaired) electrons. The summed E-state index contributed by atoms with van der Waals surface area (Å²) in [6, 6.07) is 9.57. The summed E-state index contributed by atoms with van der Waals surface area (Å²) in [4.78, 5) is 27.4. The largest absolute Gasteiger partial charge is 0.454 e. The lowest BCUT2D eigenvalue weighted by Crippen LogP contribution is -2.14. The zero-order valence-electron chi connectivity index (χ0n) is 14.4. The van der Waals surface area contributed by atoms with E-state index in [0.717, 1.165) is 22.8 Å². The number of ether oxygens (including phenoxy) is 1. The average Bonchev–Trinajstić information content (AvgIpc) is 3.30. The fraction of sp³-hybridized carbons (Fsp3) is 0.263. The first kappa shape index (κ1) is 17.6. The lowest BCUT2D eigenvalue weighted by atomic mass is 10.2. The number of carbonyl (C=O) groups excluding carboxylic acids is 2. The van der Waals surface area contributed by atoms with Crippen LogP contribution < -0.4 is 0 Å². The number of nitrogens with zero attached hydrogens (tertiary/aromatic N) is 1. The Labute approximate surface area is 154 Å². The first-order valence-electron chi connectivity index (χ1n) is 7.91. The van der Waals surface area contributed by atoms with Crippen LogP contribution in [0.5, 0.6) is 0 Å². The molecule has 0 atom stereocenters. The molecule has 3 aromatic rings. The van der Waals surface area contributed by atoms with Crippen molar-refractivity contribution in [2.24, 2.45) is 0 Å². The van der Waals surface area contributed by atoms with Crippen LogP contribution in [0.25, 0.3) is 0 Å². The summed E-state index contributed by atoms with van der Waals surface area (Å²) >= 11 is 3.10. The summed E-state index contributed by atoms with van der Waals surface area (Å²) in [7, 11) is 0. The molecule has 0 unspecified atom stereocenters. The quantitative estimate of drug-likeness (QED) is 0.468. The molecule has 3 aromatic heterocycles. The van der Waals surface area contributed by atoms with Crippen LogP contribution in [0.4, 0.5) is 0 Å². The van der Waals surface area contributed by atoms with E-state index in [1.54, 1.807) is 17.4 Å². The third-order valence-electron chi connectivity index (χ3n) is 4.04. The van der Waals surface area contributed by atoms with Gasteiger partial charge in [0.15, 0.2) is 6.61 Å². The van der Waals surface area contributed by atoms with Gasteiger partial charge in [0.1, 0.15) is 0 Å². The molecule has 4 nitrogen and oxygen atoms in total. The van der Waals surface area contributed by atoms with Gasteiger partial charge in [-0.1, -0.05) is 6.07 Å². The van der Waals surface area contributed by atoms with Crippen molar-refractivity contribution in [3.05, 3.63) is 67.3 Å². The number of carbonyl (C=O) groups is 2. The van der Waals surface area contributed by atoms with E-state index in [4.69, 9.17) is 4.74 Å². The van der Waals surface area contributed by atoms with Crippen LogP contribution in [0.3, 0.4) is 0 Å². The standard InChI is InChI=1S/C19H19NO3S2/c1-12-9-16(14(3)20(12)10-15-5-4-8-24-15)19(22)23-11-17(21)18-7-6-13(2)25-18/h4-9H,10-11H2,1-3H3. The van der Waals surface area contributed by atoms with Crippen molar-refractivity contribution in [2.45, 2.75) is 27.3 Å². The summed E-state index contributed by atoms with van der Waals surface area (Å²) < 4.78 is 7.34. The molecule has 0 aliphatic carbocycles. The van der Waals surface area contributed by atoms with Gasteiger partial charge in [0.25, 0.3) is 0 Å². The first-order chi connectivity index (χ1) is 12.0. The van der Waals surface area contributed by atoms with Gasteiger partial charge < -0.3 is 9.30 Å². The van der Waals surface area contributed by atoms with Gasteiger partial charge in [-0.15, -0.1) is 22.7 Å².